The predicted octanol–water partition coefficient (Wildman–Crippen LogP) is 6.01. The highest BCUT2D eigenvalue weighted by atomic mass is 32.2. The SMILES string of the molecule is CC(=O)c1ccc(OC(F)Oc2ccc(C(C)=O)c3c2OC2(CCSCC2)O3)c2c1OC1([CH]2)CCSCC1. The molecule has 10 heteroatoms. The third-order valence-corrected chi connectivity index (χ3v) is 9.28. The molecule has 1 atom stereocenters. The molecule has 2 saturated heterocycles. The molecule has 0 saturated carbocycles. The van der Waals surface area contributed by atoms with Gasteiger partial charge in [0.2, 0.25) is 5.75 Å². The second kappa shape index (κ2) is 9.86. The number of Topliss-reactive ketones (excluding diaryl/α,β-unsaturated/α-hetero) is 2. The van der Waals surface area contributed by atoms with Crippen LogP contribution >= 0.6 is 23.5 Å². The molecule has 4 heterocycles. The van der Waals surface area contributed by atoms with E-state index in [9.17, 15) is 9.59 Å². The van der Waals surface area contributed by atoms with E-state index in [0.29, 0.717) is 35.3 Å². The lowest BCUT2D eigenvalue weighted by Crippen LogP contribution is -2.42. The molecular formula is C28H28FO7S2. The lowest BCUT2D eigenvalue weighted by Gasteiger charge is -2.32. The third kappa shape index (κ3) is 4.59. The van der Waals surface area contributed by atoms with Gasteiger partial charge in [0.25, 0.3) is 5.79 Å². The standard InChI is InChI=1S/C28H28FO7S2/c1-16(30)18-3-5-21(20-15-27(34-23(18)20)7-11-37-12-8-27)32-26(29)33-22-6-4-19(17(2)31)24-25(22)36-28(35-24)9-13-38-14-10-28/h3-6,15,26H,7-14H2,1-2H3. The third-order valence-electron chi connectivity index (χ3n) is 7.31. The van der Waals surface area contributed by atoms with Crippen molar-refractivity contribution in [1.29, 1.82) is 0 Å². The summed E-state index contributed by atoms with van der Waals surface area (Å²) in [6.45, 7) is 0.737. The normalized spacial score (nSPS) is 21.0. The van der Waals surface area contributed by atoms with Crippen LogP contribution in [0.4, 0.5) is 4.39 Å². The summed E-state index contributed by atoms with van der Waals surface area (Å²) in [4.78, 5) is 24.5. The minimum absolute atomic E-state index is 0.0885. The molecule has 6 rings (SSSR count). The van der Waals surface area contributed by atoms with Gasteiger partial charge < -0.3 is 23.7 Å². The van der Waals surface area contributed by atoms with Gasteiger partial charge >= 0.3 is 6.54 Å². The van der Waals surface area contributed by atoms with E-state index in [1.165, 1.54) is 19.9 Å². The fraction of sp³-hybridized carbons (Fsp3) is 0.464. The van der Waals surface area contributed by atoms with Crippen LogP contribution in [0.5, 0.6) is 28.7 Å². The summed E-state index contributed by atoms with van der Waals surface area (Å²) in [5, 5.41) is 0. The maximum atomic E-state index is 15.4. The largest absolute Gasteiger partial charge is 0.485 e. The topological polar surface area (TPSA) is 80.3 Å². The maximum Gasteiger partial charge on any atom is 0.397 e. The summed E-state index contributed by atoms with van der Waals surface area (Å²) >= 11 is 3.67. The Hall–Kier alpha value is -2.59. The number of carbonyl (C=O) groups is 2. The summed E-state index contributed by atoms with van der Waals surface area (Å²) in [5.74, 6) is 3.62. The van der Waals surface area contributed by atoms with Gasteiger partial charge in [-0.05, 0) is 62.5 Å². The Bertz CT molecular complexity index is 1190. The number of carbonyl (C=O) groups excluding carboxylic acids is 2. The first-order valence-corrected chi connectivity index (χ1v) is 15.0. The van der Waals surface area contributed by atoms with Crippen LogP contribution in [-0.2, 0) is 0 Å². The van der Waals surface area contributed by atoms with Crippen LogP contribution in [0, 0.1) is 6.42 Å². The van der Waals surface area contributed by atoms with Crippen LogP contribution in [0.3, 0.4) is 0 Å². The van der Waals surface area contributed by atoms with Crippen LogP contribution in [0.25, 0.3) is 0 Å². The number of halogens is 1. The number of thioether (sulfide) groups is 2. The highest BCUT2D eigenvalue weighted by Crippen LogP contribution is 2.53. The second-order valence-electron chi connectivity index (χ2n) is 9.90. The lowest BCUT2D eigenvalue weighted by molar-refractivity contribution is -0.106. The summed E-state index contributed by atoms with van der Waals surface area (Å²) in [6.07, 6.45) is 4.83. The maximum absolute atomic E-state index is 15.4. The number of ketones is 2. The molecular weight excluding hydrogens is 531 g/mol. The first kappa shape index (κ1) is 25.7. The Balaban J connectivity index is 1.26. The van der Waals surface area contributed by atoms with E-state index in [-0.39, 0.29) is 34.6 Å². The van der Waals surface area contributed by atoms with Gasteiger partial charge in [0.15, 0.2) is 23.1 Å². The highest BCUT2D eigenvalue weighted by Gasteiger charge is 2.47. The van der Waals surface area contributed by atoms with Crippen molar-refractivity contribution in [3.63, 3.8) is 0 Å². The van der Waals surface area contributed by atoms with Gasteiger partial charge in [0, 0.05) is 36.3 Å². The molecule has 0 amide bonds. The van der Waals surface area contributed by atoms with Gasteiger partial charge in [-0.2, -0.15) is 27.9 Å². The molecule has 201 valence electrons. The van der Waals surface area contributed by atoms with E-state index < -0.39 is 17.9 Å². The first-order chi connectivity index (χ1) is 18.3. The Morgan fingerprint density at radius 3 is 2.00 bits per heavy atom. The zero-order valence-electron chi connectivity index (χ0n) is 21.2. The zero-order chi connectivity index (χ0) is 26.5. The van der Waals surface area contributed by atoms with Crippen molar-refractivity contribution < 1.29 is 37.7 Å². The van der Waals surface area contributed by atoms with E-state index in [4.69, 9.17) is 23.7 Å². The Kier molecular flexibility index (Phi) is 6.66. The minimum Gasteiger partial charge on any atom is -0.485 e. The quantitative estimate of drug-likeness (QED) is 0.312. The van der Waals surface area contributed by atoms with Crippen LogP contribution in [0.15, 0.2) is 24.3 Å². The van der Waals surface area contributed by atoms with Crippen LogP contribution in [-0.4, -0.2) is 52.5 Å². The van der Waals surface area contributed by atoms with Crippen molar-refractivity contribution in [1.82, 2.24) is 0 Å². The van der Waals surface area contributed by atoms with E-state index >= 15 is 4.39 Å². The molecule has 2 spiro atoms. The van der Waals surface area contributed by atoms with Gasteiger partial charge in [-0.15, -0.1) is 0 Å². The molecule has 1 radical (unpaired) electrons. The van der Waals surface area contributed by atoms with Gasteiger partial charge in [0.05, 0.1) is 11.1 Å². The Morgan fingerprint density at radius 1 is 0.789 bits per heavy atom. The molecule has 1 unspecified atom stereocenters. The van der Waals surface area contributed by atoms with E-state index in [2.05, 4.69) is 0 Å². The second-order valence-corrected chi connectivity index (χ2v) is 12.3. The van der Waals surface area contributed by atoms with Crippen molar-refractivity contribution in [2.45, 2.75) is 57.5 Å². The number of hydrogen-bond donors (Lipinski definition) is 0. The average Bonchev–Trinajstić information content (AvgIpc) is 3.43. The Morgan fingerprint density at radius 2 is 1.34 bits per heavy atom. The van der Waals surface area contributed by atoms with Crippen molar-refractivity contribution in [3.05, 3.63) is 47.4 Å². The summed E-state index contributed by atoms with van der Waals surface area (Å²) < 4.78 is 45.2. The highest BCUT2D eigenvalue weighted by molar-refractivity contribution is 7.99. The van der Waals surface area contributed by atoms with Crippen molar-refractivity contribution >= 4 is 35.1 Å². The van der Waals surface area contributed by atoms with Gasteiger partial charge in [0.1, 0.15) is 17.1 Å². The Labute approximate surface area is 229 Å². The minimum atomic E-state index is -2.19. The summed E-state index contributed by atoms with van der Waals surface area (Å²) in [6, 6.07) is 6.21. The van der Waals surface area contributed by atoms with Crippen LogP contribution in [0.1, 0.15) is 65.8 Å². The molecule has 0 aromatic heterocycles. The number of ether oxygens (including phenoxy) is 5. The van der Waals surface area contributed by atoms with Crippen molar-refractivity contribution in [2.24, 2.45) is 0 Å². The molecule has 7 nitrogen and oxygen atoms in total. The van der Waals surface area contributed by atoms with E-state index in [1.807, 2.05) is 29.9 Å². The van der Waals surface area contributed by atoms with Crippen molar-refractivity contribution in [3.8, 4) is 28.7 Å². The van der Waals surface area contributed by atoms with Crippen LogP contribution in [0.2, 0.25) is 0 Å². The van der Waals surface area contributed by atoms with E-state index in [1.54, 1.807) is 18.2 Å². The monoisotopic (exact) mass is 559 g/mol. The molecule has 4 aliphatic rings. The zero-order valence-corrected chi connectivity index (χ0v) is 22.8. The fourth-order valence-electron chi connectivity index (χ4n) is 5.28. The smallest absolute Gasteiger partial charge is 0.397 e. The number of benzene rings is 2. The van der Waals surface area contributed by atoms with E-state index in [0.717, 1.165) is 35.9 Å². The number of hydrogen-bond acceptors (Lipinski definition) is 9. The van der Waals surface area contributed by atoms with Gasteiger partial charge in [-0.3, -0.25) is 9.59 Å². The summed E-state index contributed by atoms with van der Waals surface area (Å²) in [5.41, 5.74) is 0.838. The number of rotatable bonds is 6. The van der Waals surface area contributed by atoms with Gasteiger partial charge in [-0.1, -0.05) is 0 Å². The molecule has 2 fully saturated rings. The molecule has 0 aliphatic carbocycles. The average molecular weight is 560 g/mol. The number of alkyl halides is 1. The molecule has 4 aliphatic heterocycles. The van der Waals surface area contributed by atoms with Crippen molar-refractivity contribution in [2.75, 3.05) is 23.0 Å². The lowest BCUT2D eigenvalue weighted by atomic mass is 9.90. The predicted molar refractivity (Wildman–Crippen MR) is 143 cm³/mol. The molecule has 2 aromatic rings. The molecule has 2 aromatic carbocycles. The fourth-order valence-corrected chi connectivity index (χ4v) is 7.58. The number of fused-ring (bicyclic) bond motifs is 2. The summed E-state index contributed by atoms with van der Waals surface area (Å²) in [7, 11) is 0. The molecule has 0 N–H and O–H groups in total. The van der Waals surface area contributed by atoms with Crippen LogP contribution < -0.4 is 23.7 Å². The van der Waals surface area contributed by atoms with Gasteiger partial charge in [-0.25, -0.2) is 0 Å². The molecule has 38 heavy (non-hydrogen) atoms. The first-order valence-electron chi connectivity index (χ1n) is 12.7. The molecule has 0 bridgehead atoms.